The van der Waals surface area contributed by atoms with Crippen LogP contribution in [-0.2, 0) is 9.59 Å². The molecular weight excluding hydrogens is 402 g/mol. The highest BCUT2D eigenvalue weighted by molar-refractivity contribution is 9.10. The monoisotopic (exact) mass is 417 g/mol. The van der Waals surface area contributed by atoms with E-state index in [0.29, 0.717) is 28.4 Å². The summed E-state index contributed by atoms with van der Waals surface area (Å²) in [7, 11) is 3.03. The summed E-state index contributed by atoms with van der Waals surface area (Å²) >= 11 is 3.38. The van der Waals surface area contributed by atoms with Crippen LogP contribution in [0.4, 0.5) is 11.4 Å². The van der Waals surface area contributed by atoms with E-state index in [1.807, 2.05) is 6.07 Å². The van der Waals surface area contributed by atoms with Crippen LogP contribution in [0.25, 0.3) is 0 Å². The molecule has 7 nitrogen and oxygen atoms in total. The average molecular weight is 418 g/mol. The molecule has 134 valence electrons. The zero-order valence-corrected chi connectivity index (χ0v) is 16.0. The maximum atomic E-state index is 12.3. The third-order valence-electron chi connectivity index (χ3n) is 3.81. The number of fused-ring (bicyclic) bond motifs is 1. The van der Waals surface area contributed by atoms with Crippen molar-refractivity contribution in [1.82, 2.24) is 0 Å². The first kappa shape index (κ1) is 17.9. The third-order valence-corrected chi connectivity index (χ3v) is 4.30. The van der Waals surface area contributed by atoms with Crippen LogP contribution in [0.15, 0.2) is 46.0 Å². The molecule has 1 heterocycles. The van der Waals surface area contributed by atoms with Crippen LogP contribution in [0.1, 0.15) is 12.5 Å². The zero-order chi connectivity index (χ0) is 18.8. The summed E-state index contributed by atoms with van der Waals surface area (Å²) in [4.78, 5) is 24.5. The topological polar surface area (TPSA) is 80.2 Å². The van der Waals surface area contributed by atoms with Crippen LogP contribution in [-0.4, -0.2) is 31.7 Å². The number of hydrogen-bond donors (Lipinski definition) is 1. The van der Waals surface area contributed by atoms with E-state index >= 15 is 0 Å². The Kier molecular flexibility index (Phi) is 4.94. The summed E-state index contributed by atoms with van der Waals surface area (Å²) in [6, 6.07) is 10.3. The van der Waals surface area contributed by atoms with Crippen molar-refractivity contribution in [3.8, 4) is 11.5 Å². The van der Waals surface area contributed by atoms with E-state index < -0.39 is 0 Å². The molecule has 0 saturated heterocycles. The molecule has 0 bridgehead atoms. The minimum absolute atomic E-state index is 0.159. The van der Waals surface area contributed by atoms with Crippen molar-refractivity contribution in [3.05, 3.63) is 46.4 Å². The van der Waals surface area contributed by atoms with Crippen molar-refractivity contribution >= 4 is 44.8 Å². The fraction of sp³-hybridized carbons (Fsp3) is 0.167. The lowest BCUT2D eigenvalue weighted by atomic mass is 10.1. The second kappa shape index (κ2) is 7.17. The molecule has 0 aromatic heterocycles. The summed E-state index contributed by atoms with van der Waals surface area (Å²) in [5, 5.41) is 8.21. The van der Waals surface area contributed by atoms with Crippen molar-refractivity contribution in [2.75, 3.05) is 24.5 Å². The van der Waals surface area contributed by atoms with Crippen LogP contribution in [0, 0.1) is 0 Å². The highest BCUT2D eigenvalue weighted by atomic mass is 79.9. The molecule has 0 aliphatic carbocycles. The smallest absolute Gasteiger partial charge is 0.276 e. The molecule has 8 heteroatoms. The fourth-order valence-electron chi connectivity index (χ4n) is 2.59. The Labute approximate surface area is 158 Å². The van der Waals surface area contributed by atoms with E-state index in [0.717, 1.165) is 9.48 Å². The van der Waals surface area contributed by atoms with Crippen molar-refractivity contribution < 1.29 is 19.1 Å². The number of amides is 2. The van der Waals surface area contributed by atoms with Crippen LogP contribution >= 0.6 is 15.9 Å². The molecule has 3 rings (SSSR count). The summed E-state index contributed by atoms with van der Waals surface area (Å²) in [5.74, 6) is 0.265. The number of hydrazone groups is 1. The van der Waals surface area contributed by atoms with Gasteiger partial charge in [-0.05, 0) is 30.3 Å². The number of carbonyl (C=O) groups excluding carboxylic acids is 2. The molecule has 1 N–H and O–H groups in total. The number of nitrogens with one attached hydrogen (secondary N) is 1. The number of nitrogens with zero attached hydrogens (tertiary/aromatic N) is 2. The zero-order valence-electron chi connectivity index (χ0n) is 14.4. The van der Waals surface area contributed by atoms with Gasteiger partial charge in [0, 0.05) is 23.0 Å². The highest BCUT2D eigenvalue weighted by Crippen LogP contribution is 2.33. The molecule has 2 amide bonds. The molecule has 0 fully saturated rings. The molecule has 1 aliphatic heterocycles. The van der Waals surface area contributed by atoms with Crippen molar-refractivity contribution in [2.24, 2.45) is 5.10 Å². The van der Waals surface area contributed by atoms with Gasteiger partial charge in [-0.15, -0.1) is 0 Å². The molecule has 0 spiro atoms. The lowest BCUT2D eigenvalue weighted by Crippen LogP contribution is -2.27. The molecule has 0 atom stereocenters. The normalized spacial score (nSPS) is 14.0. The van der Waals surface area contributed by atoms with Crippen LogP contribution in [0.2, 0.25) is 0 Å². The van der Waals surface area contributed by atoms with Crippen LogP contribution in [0.5, 0.6) is 11.5 Å². The van der Waals surface area contributed by atoms with Gasteiger partial charge in [-0.3, -0.25) is 9.59 Å². The van der Waals surface area contributed by atoms with Crippen molar-refractivity contribution in [1.29, 1.82) is 0 Å². The van der Waals surface area contributed by atoms with Gasteiger partial charge in [0.1, 0.15) is 0 Å². The van der Waals surface area contributed by atoms with Gasteiger partial charge in [-0.25, -0.2) is 5.01 Å². The average Bonchev–Trinajstić information content (AvgIpc) is 2.93. The number of anilines is 2. The maximum absolute atomic E-state index is 12.3. The first-order valence-electron chi connectivity index (χ1n) is 7.67. The number of rotatable bonds is 4. The van der Waals surface area contributed by atoms with Gasteiger partial charge in [-0.1, -0.05) is 15.9 Å². The summed E-state index contributed by atoms with van der Waals surface area (Å²) in [6.07, 6.45) is 0. The number of methoxy groups -OCH3 is 2. The Morgan fingerprint density at radius 2 is 1.85 bits per heavy atom. The number of ether oxygens (including phenoxy) is 2. The predicted molar refractivity (Wildman–Crippen MR) is 102 cm³/mol. The maximum Gasteiger partial charge on any atom is 0.276 e. The van der Waals surface area contributed by atoms with Gasteiger partial charge in [0.25, 0.3) is 5.91 Å². The van der Waals surface area contributed by atoms with Gasteiger partial charge < -0.3 is 14.8 Å². The SMILES string of the molecule is COc1ccc(N(N=C2C(=O)Nc3ccc(Br)cc32)C(C)=O)cc1OC. The first-order chi connectivity index (χ1) is 12.4. The van der Waals surface area contributed by atoms with Crippen LogP contribution < -0.4 is 19.8 Å². The Morgan fingerprint density at radius 1 is 1.12 bits per heavy atom. The summed E-state index contributed by atoms with van der Waals surface area (Å²) < 4.78 is 11.3. The highest BCUT2D eigenvalue weighted by Gasteiger charge is 2.28. The van der Waals surface area contributed by atoms with Crippen molar-refractivity contribution in [2.45, 2.75) is 6.92 Å². The molecule has 0 unspecified atom stereocenters. The van der Waals surface area contributed by atoms with Crippen molar-refractivity contribution in [3.63, 3.8) is 0 Å². The lowest BCUT2D eigenvalue weighted by Gasteiger charge is -2.18. The largest absolute Gasteiger partial charge is 0.493 e. The predicted octanol–water partition coefficient (Wildman–Crippen LogP) is 3.18. The Morgan fingerprint density at radius 3 is 2.50 bits per heavy atom. The molecular formula is C18H16BrN3O4. The van der Waals surface area contributed by atoms with E-state index in [2.05, 4.69) is 26.3 Å². The van der Waals surface area contributed by atoms with E-state index in [9.17, 15) is 9.59 Å². The molecule has 0 saturated carbocycles. The molecule has 26 heavy (non-hydrogen) atoms. The van der Waals surface area contributed by atoms with E-state index in [-0.39, 0.29) is 17.5 Å². The number of carbonyl (C=O) groups is 2. The quantitative estimate of drug-likeness (QED) is 0.774. The van der Waals surface area contributed by atoms with Gasteiger partial charge >= 0.3 is 0 Å². The molecule has 0 radical (unpaired) electrons. The second-order valence-electron chi connectivity index (χ2n) is 5.46. The Balaban J connectivity index is 2.08. The van der Waals surface area contributed by atoms with Gasteiger partial charge in [0.2, 0.25) is 5.91 Å². The van der Waals surface area contributed by atoms with E-state index in [1.165, 1.54) is 21.1 Å². The van der Waals surface area contributed by atoms with Gasteiger partial charge in [0.05, 0.1) is 25.6 Å². The third kappa shape index (κ3) is 3.28. The van der Waals surface area contributed by atoms with Gasteiger partial charge in [0.15, 0.2) is 17.2 Å². The molecule has 1 aliphatic rings. The van der Waals surface area contributed by atoms with E-state index in [4.69, 9.17) is 9.47 Å². The first-order valence-corrected chi connectivity index (χ1v) is 8.46. The minimum atomic E-state index is -0.371. The molecule has 2 aromatic rings. The number of hydrogen-bond acceptors (Lipinski definition) is 5. The minimum Gasteiger partial charge on any atom is -0.493 e. The number of benzene rings is 2. The Bertz CT molecular complexity index is 927. The Hall–Kier alpha value is -2.87. The molecule has 2 aromatic carbocycles. The number of halogens is 1. The van der Waals surface area contributed by atoms with Crippen LogP contribution in [0.3, 0.4) is 0 Å². The second-order valence-corrected chi connectivity index (χ2v) is 6.38. The summed E-state index contributed by atoms with van der Waals surface area (Å²) in [6.45, 7) is 1.37. The standard InChI is InChI=1S/C18H16BrN3O4/c1-10(23)22(12-5-7-15(25-2)16(9-12)26-3)21-17-13-8-11(19)4-6-14(13)20-18(17)24/h4-9H,1-3H3,(H,20,21,24). The fourth-order valence-corrected chi connectivity index (χ4v) is 2.95. The summed E-state index contributed by atoms with van der Waals surface area (Å²) in [5.41, 5.74) is 1.88. The van der Waals surface area contributed by atoms with Gasteiger partial charge in [-0.2, -0.15) is 5.10 Å². The van der Waals surface area contributed by atoms with E-state index in [1.54, 1.807) is 30.3 Å². The lowest BCUT2D eigenvalue weighted by molar-refractivity contribution is -0.116.